The van der Waals surface area contributed by atoms with E-state index in [-0.39, 0.29) is 30.0 Å². The number of unbranched alkanes of at least 4 members (excludes halogenated alkanes) is 1. The summed E-state index contributed by atoms with van der Waals surface area (Å²) in [7, 11) is 1.56. The Balaban J connectivity index is 0.929. The molecule has 1 unspecified atom stereocenters. The van der Waals surface area contributed by atoms with Gasteiger partial charge in [-0.05, 0) is 145 Å². The van der Waals surface area contributed by atoms with Gasteiger partial charge in [0.15, 0.2) is 17.8 Å². The van der Waals surface area contributed by atoms with Crippen LogP contribution in [-0.4, -0.2) is 122 Å². The summed E-state index contributed by atoms with van der Waals surface area (Å²) in [4.78, 5) is 80.6. The summed E-state index contributed by atoms with van der Waals surface area (Å²) in [5, 5.41) is 9.09. The lowest BCUT2D eigenvalue weighted by molar-refractivity contribution is -0.136. The number of anilines is 4. The van der Waals surface area contributed by atoms with E-state index in [1.165, 1.54) is 16.9 Å². The van der Waals surface area contributed by atoms with Crippen molar-refractivity contribution in [1.82, 2.24) is 30.4 Å². The summed E-state index contributed by atoms with van der Waals surface area (Å²) in [6.45, 7) is 8.46. The summed E-state index contributed by atoms with van der Waals surface area (Å²) in [6, 6.07) is 13.0. The van der Waals surface area contributed by atoms with Crippen LogP contribution in [0.15, 0.2) is 48.7 Å². The van der Waals surface area contributed by atoms with E-state index in [9.17, 15) is 24.0 Å². The largest absolute Gasteiger partial charge is 0.371 e. The van der Waals surface area contributed by atoms with Crippen LogP contribution in [0.1, 0.15) is 120 Å². The second-order valence-corrected chi connectivity index (χ2v) is 17.1. The van der Waals surface area contributed by atoms with Gasteiger partial charge in [-0.25, -0.2) is 9.97 Å². The number of rotatable bonds is 17. The van der Waals surface area contributed by atoms with Crippen molar-refractivity contribution in [3.8, 4) is 0 Å². The highest BCUT2D eigenvalue weighted by molar-refractivity contribution is 6.07. The molecule has 4 amide bonds. The zero-order valence-electron chi connectivity index (χ0n) is 35.6. The molecule has 4 aliphatic heterocycles. The molecule has 0 bridgehead atoms. The van der Waals surface area contributed by atoms with Gasteiger partial charge < -0.3 is 36.0 Å². The van der Waals surface area contributed by atoms with Crippen LogP contribution in [0.4, 0.5) is 23.0 Å². The third-order valence-corrected chi connectivity index (χ3v) is 13.1. The van der Waals surface area contributed by atoms with Crippen LogP contribution in [-0.2, 0) is 9.59 Å². The van der Waals surface area contributed by atoms with E-state index in [1.807, 2.05) is 24.3 Å². The topological polar surface area (TPSA) is 186 Å². The minimum atomic E-state index is -0.773. The lowest BCUT2D eigenvalue weighted by atomic mass is 9.89. The number of likely N-dealkylation sites (N-methyl/N-ethyl adjacent to an activating group) is 1. The summed E-state index contributed by atoms with van der Waals surface area (Å²) in [5.41, 5.74) is 9.28. The Kier molecular flexibility index (Phi) is 15.0. The number of imide groups is 1. The highest BCUT2D eigenvalue weighted by Gasteiger charge is 2.34. The molecule has 61 heavy (non-hydrogen) atoms. The van der Waals surface area contributed by atoms with Gasteiger partial charge >= 0.3 is 0 Å². The lowest BCUT2D eigenvalue weighted by Gasteiger charge is -2.33. The first-order chi connectivity index (χ1) is 29.7. The summed E-state index contributed by atoms with van der Waals surface area (Å²) in [5.74, 6) is 0.345. The molecule has 15 nitrogen and oxygen atoms in total. The maximum absolute atomic E-state index is 13.8. The van der Waals surface area contributed by atoms with Crippen LogP contribution in [0.2, 0.25) is 0 Å². The molecule has 5 heterocycles. The average Bonchev–Trinajstić information content (AvgIpc) is 3.29. The van der Waals surface area contributed by atoms with E-state index >= 15 is 0 Å². The van der Waals surface area contributed by atoms with Crippen LogP contribution in [0.3, 0.4) is 0 Å². The molecule has 3 aromatic rings. The van der Waals surface area contributed by atoms with Crippen LogP contribution < -0.4 is 31.5 Å². The molecule has 0 spiro atoms. The quantitative estimate of drug-likeness (QED) is 0.0825. The maximum Gasteiger partial charge on any atom is 0.271 e. The number of piperidine rings is 4. The van der Waals surface area contributed by atoms with Crippen molar-refractivity contribution in [2.45, 2.75) is 89.0 Å². The maximum atomic E-state index is 13.8. The monoisotopic (exact) mass is 834 g/mol. The first-order valence-corrected chi connectivity index (χ1v) is 22.3. The van der Waals surface area contributed by atoms with E-state index in [2.05, 4.69) is 47.8 Å². The molecule has 15 heteroatoms. The second-order valence-electron chi connectivity index (χ2n) is 17.1. The van der Waals surface area contributed by atoms with Gasteiger partial charge in [-0.2, -0.15) is 0 Å². The first kappa shape index (κ1) is 43.7. The normalized spacial score (nSPS) is 19.3. The predicted octanol–water partition coefficient (Wildman–Crippen LogP) is 4.86. The number of hydrogen-bond acceptors (Lipinski definition) is 12. The minimum absolute atomic E-state index is 0.130. The number of benzene rings is 2. The van der Waals surface area contributed by atoms with Crippen LogP contribution in [0.25, 0.3) is 0 Å². The molecule has 0 saturated carbocycles. The van der Waals surface area contributed by atoms with Crippen molar-refractivity contribution in [3.05, 3.63) is 71.0 Å². The molecule has 4 aliphatic rings. The Morgan fingerprint density at radius 1 is 0.934 bits per heavy atom. The number of nitrogens with one attached hydrogen (secondary N) is 3. The molecule has 0 aliphatic carbocycles. The second kappa shape index (κ2) is 20.9. The number of aldehydes is 1. The van der Waals surface area contributed by atoms with Crippen molar-refractivity contribution in [2.24, 2.45) is 11.7 Å². The smallest absolute Gasteiger partial charge is 0.271 e. The van der Waals surface area contributed by atoms with E-state index in [0.29, 0.717) is 23.2 Å². The van der Waals surface area contributed by atoms with Crippen LogP contribution in [0.5, 0.6) is 0 Å². The molecule has 4 fully saturated rings. The number of hydrogen-bond donors (Lipinski definition) is 4. The van der Waals surface area contributed by atoms with Crippen molar-refractivity contribution < 1.29 is 24.0 Å². The lowest BCUT2D eigenvalue weighted by Crippen LogP contribution is -2.53. The highest BCUT2D eigenvalue weighted by Crippen LogP contribution is 2.31. The van der Waals surface area contributed by atoms with Gasteiger partial charge in [0.2, 0.25) is 11.8 Å². The molecule has 1 aromatic heterocycles. The molecule has 2 aromatic carbocycles. The van der Waals surface area contributed by atoms with Gasteiger partial charge in [0.25, 0.3) is 11.8 Å². The third kappa shape index (κ3) is 11.1. The van der Waals surface area contributed by atoms with Gasteiger partial charge in [-0.1, -0.05) is 18.2 Å². The standard InChI is InChI=1S/C46H62N10O5/c1-53(39-14-15-41(58)52-45(39)60)46(61)36-8-7-9-38(37(36)31-57)55(29-18-32-16-21-48-22-17-32)24-6-5-23-54-27-19-34(20-28-54)33-10-12-35(13-11-33)50-44-42(43(47)59)49-30-40(51-44)56-25-3-2-4-26-56/h7-13,30-32,34,39,48H,2-6,14-29H2,1H3,(H2,47,59)(H,50,51)(H,52,58,60). The van der Waals surface area contributed by atoms with Crippen molar-refractivity contribution >= 4 is 52.9 Å². The zero-order valence-corrected chi connectivity index (χ0v) is 35.6. The molecule has 4 saturated heterocycles. The van der Waals surface area contributed by atoms with Gasteiger partial charge in [-0.15, -0.1) is 0 Å². The number of carbonyl (C=O) groups is 5. The van der Waals surface area contributed by atoms with Crippen LogP contribution >= 0.6 is 0 Å². The predicted molar refractivity (Wildman–Crippen MR) is 237 cm³/mol. The fourth-order valence-corrected chi connectivity index (χ4v) is 9.41. The van der Waals surface area contributed by atoms with E-state index < -0.39 is 23.8 Å². The van der Waals surface area contributed by atoms with Gasteiger partial charge in [0, 0.05) is 51.0 Å². The number of nitrogens with two attached hydrogens (primary N) is 1. The average molecular weight is 835 g/mol. The Morgan fingerprint density at radius 2 is 1.69 bits per heavy atom. The van der Waals surface area contributed by atoms with Gasteiger partial charge in [0.1, 0.15) is 11.9 Å². The zero-order chi connectivity index (χ0) is 42.7. The first-order valence-electron chi connectivity index (χ1n) is 22.3. The summed E-state index contributed by atoms with van der Waals surface area (Å²) in [6.07, 6.45) is 13.6. The molecule has 0 radical (unpaired) electrons. The molecular weight excluding hydrogens is 773 g/mol. The SMILES string of the molecule is CN(C(=O)c1cccc(N(CCCCN2CCC(c3ccc(Nc4nc(N5CCCCC5)cnc4C(N)=O)cc3)CC2)CCC2CCNCC2)c1C=O)C1CCC(=O)NC1=O. The summed E-state index contributed by atoms with van der Waals surface area (Å²) < 4.78 is 0. The number of amides is 4. The van der Waals surface area contributed by atoms with E-state index in [4.69, 9.17) is 10.7 Å². The molecule has 1 atom stereocenters. The number of carbonyl (C=O) groups excluding carboxylic acids is 5. The Hall–Kier alpha value is -5.41. The van der Waals surface area contributed by atoms with Crippen molar-refractivity contribution in [3.63, 3.8) is 0 Å². The van der Waals surface area contributed by atoms with Gasteiger partial charge in [0.05, 0.1) is 17.3 Å². The number of primary amides is 1. The van der Waals surface area contributed by atoms with Crippen molar-refractivity contribution in [1.29, 1.82) is 0 Å². The molecule has 326 valence electrons. The van der Waals surface area contributed by atoms with E-state index in [1.54, 1.807) is 19.3 Å². The Bertz CT molecular complexity index is 2010. The molecule has 5 N–H and O–H groups in total. The Labute approximate surface area is 359 Å². The molecular formula is C46H62N10O5. The minimum Gasteiger partial charge on any atom is -0.371 e. The number of aromatic nitrogens is 2. The van der Waals surface area contributed by atoms with Crippen molar-refractivity contribution in [2.75, 3.05) is 81.1 Å². The highest BCUT2D eigenvalue weighted by atomic mass is 16.2. The third-order valence-electron chi connectivity index (χ3n) is 13.1. The summed E-state index contributed by atoms with van der Waals surface area (Å²) >= 11 is 0. The Morgan fingerprint density at radius 3 is 2.39 bits per heavy atom. The fourth-order valence-electron chi connectivity index (χ4n) is 9.41. The fraction of sp³-hybridized carbons (Fsp3) is 0.543. The van der Waals surface area contributed by atoms with Crippen LogP contribution in [0, 0.1) is 5.92 Å². The van der Waals surface area contributed by atoms with E-state index in [0.717, 1.165) is 140 Å². The van der Waals surface area contributed by atoms with Gasteiger partial charge in [-0.3, -0.25) is 29.3 Å². The molecule has 7 rings (SSSR count). The number of likely N-dealkylation sites (tertiary alicyclic amines) is 1. The number of nitrogens with zero attached hydrogens (tertiary/aromatic N) is 6.